The van der Waals surface area contributed by atoms with Gasteiger partial charge in [0.1, 0.15) is 0 Å². The van der Waals surface area contributed by atoms with Crippen molar-refractivity contribution in [2.45, 2.75) is 0 Å². The molecule has 0 aliphatic carbocycles. The van der Waals surface area contributed by atoms with Gasteiger partial charge in [-0.15, -0.1) is 0 Å². The first kappa shape index (κ1) is 22.0. The molecule has 0 fully saturated rings. The lowest BCUT2D eigenvalue weighted by atomic mass is 9.86. The summed E-state index contributed by atoms with van der Waals surface area (Å²) in [5.74, 6) is -0.146. The topological polar surface area (TPSA) is 127 Å². The van der Waals surface area contributed by atoms with E-state index in [2.05, 4.69) is 31.9 Å². The molecule has 6 rings (SSSR count). The van der Waals surface area contributed by atoms with Crippen LogP contribution in [-0.4, -0.2) is 25.9 Å². The molecule has 0 aliphatic heterocycles. The molecular weight excluding hydrogens is 616 g/mol. The second-order valence-corrected chi connectivity index (χ2v) is 11.5. The van der Waals surface area contributed by atoms with Gasteiger partial charge >= 0.3 is 20.8 Å². The van der Waals surface area contributed by atoms with E-state index < -0.39 is 20.8 Å². The van der Waals surface area contributed by atoms with E-state index in [4.69, 9.17) is 8.37 Å². The van der Waals surface area contributed by atoms with E-state index in [0.717, 1.165) is 0 Å². The van der Waals surface area contributed by atoms with Crippen molar-refractivity contribution in [2.75, 3.05) is 0 Å². The quantitative estimate of drug-likeness (QED) is 0.134. The van der Waals surface area contributed by atoms with Crippen LogP contribution in [0.4, 0.5) is 0 Å². The minimum Gasteiger partial charge on any atom is -0.360 e. The summed E-state index contributed by atoms with van der Waals surface area (Å²) in [7, 11) is -9.76. The molecule has 8 nitrogen and oxygen atoms in total. The van der Waals surface area contributed by atoms with Gasteiger partial charge in [0.25, 0.3) is 0 Å². The number of hydrogen-bond acceptors (Lipinski definition) is 6. The van der Waals surface area contributed by atoms with Crippen LogP contribution in [0.25, 0.3) is 53.9 Å². The fraction of sp³-hybridized carbons (Fsp3) is 0. The number of benzene rings is 6. The Morgan fingerprint density at radius 1 is 0.559 bits per heavy atom. The zero-order valence-electron chi connectivity index (χ0n) is 16.5. The molecule has 0 heterocycles. The van der Waals surface area contributed by atoms with Crippen LogP contribution in [0.15, 0.2) is 57.5 Å². The largest absolute Gasteiger partial charge is 0.446 e. The SMILES string of the molecule is O=S(=O)(O)Oc1c2cccc3c(Br)cc4c(OS(=O)(=O)O)c5cccc6c(Br)cc1c(c65)c4c32. The molecule has 0 saturated carbocycles. The molecular formula is C22H10Br2O8S2. The number of rotatable bonds is 4. The third kappa shape index (κ3) is 3.13. The molecule has 0 bridgehead atoms. The Bertz CT molecular complexity index is 1890. The van der Waals surface area contributed by atoms with Crippen LogP contribution in [0.1, 0.15) is 0 Å². The van der Waals surface area contributed by atoms with Crippen molar-refractivity contribution in [2.24, 2.45) is 0 Å². The van der Waals surface area contributed by atoms with Gasteiger partial charge in [0, 0.05) is 52.0 Å². The van der Waals surface area contributed by atoms with Crippen molar-refractivity contribution in [3.8, 4) is 11.5 Å². The Balaban J connectivity index is 2.04. The average Bonchev–Trinajstić information content (AvgIpc) is 2.74. The first-order valence-corrected chi connectivity index (χ1v) is 13.9. The van der Waals surface area contributed by atoms with Gasteiger partial charge in [-0.2, -0.15) is 16.8 Å². The third-order valence-electron chi connectivity index (χ3n) is 5.83. The molecule has 0 aromatic heterocycles. The minimum atomic E-state index is -4.88. The van der Waals surface area contributed by atoms with Crippen LogP contribution in [0.5, 0.6) is 11.5 Å². The smallest absolute Gasteiger partial charge is 0.360 e. The number of hydrogen-bond donors (Lipinski definition) is 2. The Hall–Kier alpha value is -2.48. The molecule has 2 N–H and O–H groups in total. The first-order valence-electron chi connectivity index (χ1n) is 9.54. The Kier molecular flexibility index (Phi) is 4.55. The molecule has 0 saturated heterocycles. The monoisotopic (exact) mass is 624 g/mol. The summed E-state index contributed by atoms with van der Waals surface area (Å²) < 4.78 is 77.7. The predicted octanol–water partition coefficient (Wildman–Crippen LogP) is 6.22. The highest BCUT2D eigenvalue weighted by atomic mass is 79.9. The highest BCUT2D eigenvalue weighted by molar-refractivity contribution is 9.11. The van der Waals surface area contributed by atoms with Gasteiger partial charge < -0.3 is 8.37 Å². The van der Waals surface area contributed by atoms with E-state index in [1.807, 2.05) is 0 Å². The highest BCUT2D eigenvalue weighted by Crippen LogP contribution is 2.54. The normalized spacial score (nSPS) is 13.2. The summed E-state index contributed by atoms with van der Waals surface area (Å²) in [5.41, 5.74) is 0. The van der Waals surface area contributed by atoms with E-state index in [-0.39, 0.29) is 11.5 Å². The number of halogens is 2. The van der Waals surface area contributed by atoms with Crippen LogP contribution in [0, 0.1) is 0 Å². The van der Waals surface area contributed by atoms with E-state index >= 15 is 0 Å². The van der Waals surface area contributed by atoms with Crippen molar-refractivity contribution in [1.82, 2.24) is 0 Å². The van der Waals surface area contributed by atoms with Gasteiger partial charge in [-0.05, 0) is 22.9 Å². The molecule has 0 aliphatic rings. The van der Waals surface area contributed by atoms with Gasteiger partial charge in [0.05, 0.1) is 0 Å². The molecule has 0 unspecified atom stereocenters. The van der Waals surface area contributed by atoms with Crippen molar-refractivity contribution in [3.05, 3.63) is 57.5 Å². The van der Waals surface area contributed by atoms with Gasteiger partial charge in [-0.25, -0.2) is 0 Å². The lowest BCUT2D eigenvalue weighted by Gasteiger charge is -2.22. The lowest BCUT2D eigenvalue weighted by Crippen LogP contribution is -2.09. The lowest BCUT2D eigenvalue weighted by molar-refractivity contribution is 0.387. The van der Waals surface area contributed by atoms with Crippen molar-refractivity contribution in [1.29, 1.82) is 0 Å². The van der Waals surface area contributed by atoms with Crippen LogP contribution in [-0.2, 0) is 20.8 Å². The van der Waals surface area contributed by atoms with Crippen LogP contribution in [0.3, 0.4) is 0 Å². The zero-order valence-corrected chi connectivity index (χ0v) is 21.3. The fourth-order valence-electron chi connectivity index (χ4n) is 4.80. The Morgan fingerprint density at radius 3 is 1.26 bits per heavy atom. The van der Waals surface area contributed by atoms with Gasteiger partial charge in [-0.3, -0.25) is 9.11 Å². The van der Waals surface area contributed by atoms with Crippen LogP contribution < -0.4 is 8.37 Å². The molecule has 0 atom stereocenters. The summed E-state index contributed by atoms with van der Waals surface area (Å²) in [6, 6.07) is 13.7. The third-order valence-corrected chi connectivity index (χ3v) is 7.90. The van der Waals surface area contributed by atoms with Gasteiger partial charge in [-0.1, -0.05) is 68.3 Å². The summed E-state index contributed by atoms with van der Waals surface area (Å²) >= 11 is 7.00. The van der Waals surface area contributed by atoms with E-state index in [9.17, 15) is 25.9 Å². The van der Waals surface area contributed by atoms with E-state index in [1.54, 1.807) is 48.5 Å². The van der Waals surface area contributed by atoms with Gasteiger partial charge in [0.15, 0.2) is 11.5 Å². The first-order chi connectivity index (χ1) is 15.9. The Labute approximate surface area is 208 Å². The maximum absolute atomic E-state index is 11.8. The van der Waals surface area contributed by atoms with Crippen molar-refractivity contribution < 1.29 is 34.3 Å². The molecule has 172 valence electrons. The fourth-order valence-corrected chi connectivity index (χ4v) is 6.70. The molecule has 6 aromatic carbocycles. The van der Waals surface area contributed by atoms with E-state index in [1.165, 1.54) is 0 Å². The van der Waals surface area contributed by atoms with Gasteiger partial charge in [0.2, 0.25) is 0 Å². The molecule has 6 aromatic rings. The minimum absolute atomic E-state index is 0.0730. The van der Waals surface area contributed by atoms with E-state index in [0.29, 0.717) is 62.8 Å². The van der Waals surface area contributed by atoms with Crippen molar-refractivity contribution in [3.63, 3.8) is 0 Å². The van der Waals surface area contributed by atoms with Crippen LogP contribution in [0.2, 0.25) is 0 Å². The molecule has 0 radical (unpaired) electrons. The molecule has 12 heteroatoms. The average molecular weight is 626 g/mol. The molecule has 0 amide bonds. The summed E-state index contributed by atoms with van der Waals surface area (Å²) in [6.45, 7) is 0. The van der Waals surface area contributed by atoms with Crippen LogP contribution >= 0.6 is 31.9 Å². The summed E-state index contributed by atoms with van der Waals surface area (Å²) in [5, 5.41) is 5.18. The van der Waals surface area contributed by atoms with Crippen molar-refractivity contribution >= 4 is 107 Å². The standard InChI is InChI=1S/C22H10Br2O8S2/c23-15-7-14-19-17-9(15)3-1-5-11(17)21(31-33(25,26)27)13-8-16(24)10-4-2-6-12(18(10)20(13)19)22(14)32-34(28,29)30/h1-8H,(H,25,26,27)(H,28,29,30). The summed E-state index contributed by atoms with van der Waals surface area (Å²) in [4.78, 5) is 0. The molecule has 34 heavy (non-hydrogen) atoms. The maximum atomic E-state index is 11.8. The second kappa shape index (κ2) is 7.03. The summed E-state index contributed by atoms with van der Waals surface area (Å²) in [6.07, 6.45) is 0. The maximum Gasteiger partial charge on any atom is 0.446 e. The Morgan fingerprint density at radius 2 is 0.912 bits per heavy atom. The highest BCUT2D eigenvalue weighted by Gasteiger charge is 2.28. The predicted molar refractivity (Wildman–Crippen MR) is 136 cm³/mol. The zero-order chi connectivity index (χ0) is 24.2. The molecule has 0 spiro atoms. The second-order valence-electron chi connectivity index (χ2n) is 7.70.